The van der Waals surface area contributed by atoms with Crippen LogP contribution in [0.5, 0.6) is 0 Å². The number of imidazole rings is 1. The van der Waals surface area contributed by atoms with E-state index >= 15 is 0 Å². The molecule has 8 nitrogen and oxygen atoms in total. The first kappa shape index (κ1) is 10.9. The van der Waals surface area contributed by atoms with E-state index in [0.717, 1.165) is 0 Å². The zero-order valence-corrected chi connectivity index (χ0v) is 9.28. The van der Waals surface area contributed by atoms with Crippen LogP contribution in [0.2, 0.25) is 0 Å². The maximum atomic E-state index is 11.3. The lowest BCUT2D eigenvalue weighted by atomic mass is 10.4. The Morgan fingerprint density at radius 3 is 3.11 bits per heavy atom. The van der Waals surface area contributed by atoms with Crippen molar-refractivity contribution in [3.05, 3.63) is 29.0 Å². The number of nitrogen functional groups attached to an aromatic ring is 1. The molecule has 4 N–H and O–H groups in total. The molecule has 2 atom stereocenters. The van der Waals surface area contributed by atoms with E-state index in [4.69, 9.17) is 15.6 Å². The molecule has 0 unspecified atom stereocenters. The maximum Gasteiger partial charge on any atom is 0.348 e. The fourth-order valence-corrected chi connectivity index (χ4v) is 1.89. The number of H-pyrrole nitrogens is 1. The lowest BCUT2D eigenvalue weighted by molar-refractivity contribution is -0.00640. The van der Waals surface area contributed by atoms with Crippen LogP contribution in [-0.2, 0) is 4.74 Å². The average Bonchev–Trinajstić information content (AvgIpc) is 2.93. The number of nitrogens with one attached hydrogen (secondary N) is 1. The van der Waals surface area contributed by atoms with Crippen molar-refractivity contribution < 1.29 is 9.84 Å². The summed E-state index contributed by atoms with van der Waals surface area (Å²) in [5.74, 6) is 0.171. The van der Waals surface area contributed by atoms with Crippen molar-refractivity contribution in [1.29, 1.82) is 0 Å². The van der Waals surface area contributed by atoms with Gasteiger partial charge in [-0.05, 0) is 6.08 Å². The number of rotatable bonds is 2. The summed E-state index contributed by atoms with van der Waals surface area (Å²) < 4.78 is 7.10. The van der Waals surface area contributed by atoms with Gasteiger partial charge in [-0.3, -0.25) is 9.55 Å². The summed E-state index contributed by atoms with van der Waals surface area (Å²) in [6, 6.07) is 0. The number of anilines is 1. The zero-order chi connectivity index (χ0) is 12.7. The molecule has 0 saturated carbocycles. The number of aliphatic hydroxyl groups excluding tert-OH is 1. The first-order valence-electron chi connectivity index (χ1n) is 5.36. The molecule has 0 radical (unpaired) electrons. The number of nitrogens with zero attached hydrogens (tertiary/aromatic N) is 3. The molecule has 94 valence electrons. The summed E-state index contributed by atoms with van der Waals surface area (Å²) >= 11 is 0. The Hall–Kier alpha value is -2.19. The standard InChI is InChI=1S/C10H11N5O3/c11-8-7-9(14-10(17)13-8)15(4-12-7)6-2-1-5(3-16)18-6/h1-2,4-6,16H,3H2,(H3,11,13,14,17)/t5-,6+/m0/s1. The summed E-state index contributed by atoms with van der Waals surface area (Å²) in [6.07, 6.45) is 4.21. The predicted molar refractivity (Wildman–Crippen MR) is 62.7 cm³/mol. The molecule has 0 spiro atoms. The SMILES string of the molecule is Nc1[nH]c(=O)nc2c1ncn2[C@H]1C=C[C@@H](CO)O1. The van der Waals surface area contributed by atoms with Gasteiger partial charge in [-0.25, -0.2) is 9.78 Å². The second-order valence-electron chi connectivity index (χ2n) is 3.91. The van der Waals surface area contributed by atoms with E-state index in [9.17, 15) is 4.79 Å². The Morgan fingerprint density at radius 2 is 2.39 bits per heavy atom. The highest BCUT2D eigenvalue weighted by molar-refractivity contribution is 5.81. The molecule has 0 aliphatic carbocycles. The molecule has 0 bridgehead atoms. The fraction of sp³-hybridized carbons (Fsp3) is 0.300. The highest BCUT2D eigenvalue weighted by Crippen LogP contribution is 2.24. The summed E-state index contributed by atoms with van der Waals surface area (Å²) in [6.45, 7) is -0.101. The van der Waals surface area contributed by atoms with Crippen LogP contribution >= 0.6 is 0 Å². The molecule has 0 amide bonds. The van der Waals surface area contributed by atoms with Crippen LogP contribution in [0.3, 0.4) is 0 Å². The van der Waals surface area contributed by atoms with Gasteiger partial charge in [-0.2, -0.15) is 4.98 Å². The number of aromatic nitrogens is 4. The zero-order valence-electron chi connectivity index (χ0n) is 9.28. The lowest BCUT2D eigenvalue weighted by Gasteiger charge is -2.13. The monoisotopic (exact) mass is 249 g/mol. The fourth-order valence-electron chi connectivity index (χ4n) is 1.89. The second kappa shape index (κ2) is 3.93. The minimum atomic E-state index is -0.539. The Balaban J connectivity index is 2.09. The van der Waals surface area contributed by atoms with E-state index in [-0.39, 0.29) is 18.5 Å². The van der Waals surface area contributed by atoms with Crippen LogP contribution in [0.25, 0.3) is 11.2 Å². The van der Waals surface area contributed by atoms with Crippen LogP contribution < -0.4 is 11.4 Å². The number of aliphatic hydroxyl groups is 1. The average molecular weight is 249 g/mol. The highest BCUT2D eigenvalue weighted by Gasteiger charge is 2.22. The van der Waals surface area contributed by atoms with Gasteiger partial charge in [-0.1, -0.05) is 6.08 Å². The molecule has 3 heterocycles. The first-order valence-corrected chi connectivity index (χ1v) is 5.36. The molecule has 1 aliphatic rings. The smallest absolute Gasteiger partial charge is 0.348 e. The largest absolute Gasteiger partial charge is 0.393 e. The molecule has 18 heavy (non-hydrogen) atoms. The van der Waals surface area contributed by atoms with Crippen LogP contribution in [0, 0.1) is 0 Å². The highest BCUT2D eigenvalue weighted by atomic mass is 16.5. The third-order valence-corrected chi connectivity index (χ3v) is 2.73. The Kier molecular flexibility index (Phi) is 2.39. The first-order chi connectivity index (χ1) is 8.69. The minimum absolute atomic E-state index is 0.101. The molecule has 0 saturated heterocycles. The van der Waals surface area contributed by atoms with Gasteiger partial charge in [0.2, 0.25) is 0 Å². The number of hydrogen-bond acceptors (Lipinski definition) is 6. The maximum absolute atomic E-state index is 11.3. The van der Waals surface area contributed by atoms with Crippen LogP contribution in [0.15, 0.2) is 23.3 Å². The van der Waals surface area contributed by atoms with Crippen molar-refractivity contribution >= 4 is 17.0 Å². The molecule has 3 rings (SSSR count). The Morgan fingerprint density at radius 1 is 1.56 bits per heavy atom. The van der Waals surface area contributed by atoms with E-state index in [1.807, 2.05) is 0 Å². The number of nitrogens with two attached hydrogens (primary N) is 1. The van der Waals surface area contributed by atoms with Crippen LogP contribution in [-0.4, -0.2) is 37.3 Å². The van der Waals surface area contributed by atoms with E-state index < -0.39 is 11.9 Å². The van der Waals surface area contributed by atoms with Gasteiger partial charge < -0.3 is 15.6 Å². The van der Waals surface area contributed by atoms with Crippen LogP contribution in [0.4, 0.5) is 5.82 Å². The van der Waals surface area contributed by atoms with Crippen LogP contribution in [0.1, 0.15) is 6.23 Å². The van der Waals surface area contributed by atoms with Crippen molar-refractivity contribution in [2.75, 3.05) is 12.3 Å². The third kappa shape index (κ3) is 1.59. The summed E-state index contributed by atoms with van der Waals surface area (Å²) in [5.41, 5.74) is 5.88. The van der Waals surface area contributed by atoms with E-state index in [2.05, 4.69) is 15.0 Å². The molecule has 2 aromatic heterocycles. The number of aromatic amines is 1. The molecular formula is C10H11N5O3. The quantitative estimate of drug-likeness (QED) is 0.596. The van der Waals surface area contributed by atoms with Gasteiger partial charge in [0, 0.05) is 0 Å². The summed E-state index contributed by atoms with van der Waals surface area (Å²) in [4.78, 5) is 21.6. The van der Waals surface area contributed by atoms with Crippen molar-refractivity contribution in [3.8, 4) is 0 Å². The van der Waals surface area contributed by atoms with Crippen molar-refractivity contribution in [3.63, 3.8) is 0 Å². The summed E-state index contributed by atoms with van der Waals surface area (Å²) in [5, 5.41) is 8.99. The Labute approximate surface area is 101 Å². The number of fused-ring (bicyclic) bond motifs is 1. The number of ether oxygens (including phenoxy) is 1. The Bertz CT molecular complexity index is 674. The van der Waals surface area contributed by atoms with Gasteiger partial charge >= 0.3 is 5.69 Å². The van der Waals surface area contributed by atoms with E-state index in [1.54, 1.807) is 16.7 Å². The molecule has 0 fully saturated rings. The topological polar surface area (TPSA) is 119 Å². The predicted octanol–water partition coefficient (Wildman–Crippen LogP) is -0.852. The van der Waals surface area contributed by atoms with E-state index in [0.29, 0.717) is 11.2 Å². The molecule has 0 aromatic carbocycles. The molecule has 2 aromatic rings. The van der Waals surface area contributed by atoms with Gasteiger partial charge in [0.15, 0.2) is 11.9 Å². The van der Waals surface area contributed by atoms with Crippen molar-refractivity contribution in [1.82, 2.24) is 19.5 Å². The van der Waals surface area contributed by atoms with Gasteiger partial charge in [0.05, 0.1) is 12.9 Å². The van der Waals surface area contributed by atoms with E-state index in [1.165, 1.54) is 6.33 Å². The lowest BCUT2D eigenvalue weighted by Crippen LogP contribution is -2.18. The summed E-state index contributed by atoms with van der Waals surface area (Å²) in [7, 11) is 0. The van der Waals surface area contributed by atoms with Gasteiger partial charge in [0.1, 0.15) is 17.4 Å². The second-order valence-corrected chi connectivity index (χ2v) is 3.91. The molecule has 1 aliphatic heterocycles. The van der Waals surface area contributed by atoms with Gasteiger partial charge in [0.25, 0.3) is 0 Å². The minimum Gasteiger partial charge on any atom is -0.393 e. The third-order valence-electron chi connectivity index (χ3n) is 2.73. The molecular weight excluding hydrogens is 238 g/mol. The normalized spacial score (nSPS) is 22.9. The number of hydrogen-bond donors (Lipinski definition) is 3. The van der Waals surface area contributed by atoms with Gasteiger partial charge in [-0.15, -0.1) is 0 Å². The van der Waals surface area contributed by atoms with Crippen molar-refractivity contribution in [2.24, 2.45) is 0 Å². The van der Waals surface area contributed by atoms with Crippen molar-refractivity contribution in [2.45, 2.75) is 12.3 Å². The molecule has 8 heteroatoms.